The lowest BCUT2D eigenvalue weighted by Gasteiger charge is -2.12. The van der Waals surface area contributed by atoms with Gasteiger partial charge in [-0.3, -0.25) is 0 Å². The molecule has 0 radical (unpaired) electrons. The van der Waals surface area contributed by atoms with Crippen LogP contribution in [0.2, 0.25) is 0 Å². The Morgan fingerprint density at radius 1 is 1.26 bits per heavy atom. The maximum atomic E-state index is 13.5. The van der Waals surface area contributed by atoms with Gasteiger partial charge in [-0.15, -0.1) is 35.3 Å². The number of halogens is 2. The topological polar surface area (TPSA) is 49.3 Å². The molecule has 0 bridgehead atoms. The van der Waals surface area contributed by atoms with Crippen LogP contribution in [0.3, 0.4) is 0 Å². The molecule has 0 unspecified atom stereocenters. The van der Waals surface area contributed by atoms with Gasteiger partial charge in [0.2, 0.25) is 0 Å². The average Bonchev–Trinajstić information content (AvgIpc) is 3.09. The van der Waals surface area contributed by atoms with Crippen molar-refractivity contribution in [2.24, 2.45) is 4.99 Å². The van der Waals surface area contributed by atoms with Crippen LogP contribution < -0.4 is 10.6 Å². The summed E-state index contributed by atoms with van der Waals surface area (Å²) in [7, 11) is 0. The molecule has 1 aromatic carbocycles. The van der Waals surface area contributed by atoms with Gasteiger partial charge in [-0.05, 0) is 42.9 Å². The molecule has 2 rings (SSSR count). The Kier molecular flexibility index (Phi) is 11.9. The smallest absolute Gasteiger partial charge is 0.191 e. The van der Waals surface area contributed by atoms with E-state index in [0.29, 0.717) is 6.54 Å². The molecule has 0 saturated heterocycles. The van der Waals surface area contributed by atoms with Gasteiger partial charge in [0.15, 0.2) is 5.96 Å². The summed E-state index contributed by atoms with van der Waals surface area (Å²) in [5.41, 5.74) is 3.19. The maximum Gasteiger partial charge on any atom is 0.191 e. The van der Waals surface area contributed by atoms with Gasteiger partial charge in [0.25, 0.3) is 0 Å². The second kappa shape index (κ2) is 13.3. The Hall–Kier alpha value is -0.870. The number of hydrogen-bond donors (Lipinski definition) is 2. The van der Waals surface area contributed by atoms with Gasteiger partial charge in [-0.1, -0.05) is 13.0 Å². The molecule has 0 aliphatic rings. The fraction of sp³-hybridized carbons (Fsp3) is 0.474. The predicted molar refractivity (Wildman–Crippen MR) is 127 cm³/mol. The van der Waals surface area contributed by atoms with Crippen molar-refractivity contribution >= 4 is 53.0 Å². The zero-order chi connectivity index (χ0) is 18.8. The Bertz CT molecular complexity index is 721. The third-order valence-corrected chi connectivity index (χ3v) is 5.44. The molecule has 4 nitrogen and oxygen atoms in total. The lowest BCUT2D eigenvalue weighted by molar-refractivity contribution is 0.625. The van der Waals surface area contributed by atoms with Crippen molar-refractivity contribution in [2.45, 2.75) is 39.0 Å². The number of hydrogen-bond acceptors (Lipinski definition) is 4. The Morgan fingerprint density at radius 2 is 2.07 bits per heavy atom. The first kappa shape index (κ1) is 24.2. The van der Waals surface area contributed by atoms with Gasteiger partial charge in [0.1, 0.15) is 5.82 Å². The lowest BCUT2D eigenvalue weighted by Crippen LogP contribution is -2.38. The highest BCUT2D eigenvalue weighted by Gasteiger charge is 2.05. The highest BCUT2D eigenvalue weighted by Crippen LogP contribution is 2.17. The van der Waals surface area contributed by atoms with E-state index < -0.39 is 0 Å². The predicted octanol–water partition coefficient (Wildman–Crippen LogP) is 4.62. The molecule has 1 aromatic heterocycles. The van der Waals surface area contributed by atoms with Crippen molar-refractivity contribution in [1.82, 2.24) is 15.6 Å². The molecule has 0 saturated carbocycles. The molecule has 150 valence electrons. The van der Waals surface area contributed by atoms with E-state index in [0.717, 1.165) is 54.5 Å². The van der Waals surface area contributed by atoms with Crippen LogP contribution in [-0.4, -0.2) is 30.3 Å². The van der Waals surface area contributed by atoms with Crippen LogP contribution in [0, 0.1) is 5.82 Å². The fourth-order valence-corrected chi connectivity index (χ4v) is 3.84. The average molecular weight is 522 g/mol. The van der Waals surface area contributed by atoms with E-state index in [1.165, 1.54) is 11.1 Å². The fourth-order valence-electron chi connectivity index (χ4n) is 2.48. The molecule has 2 aromatic rings. The van der Waals surface area contributed by atoms with Crippen LogP contribution in [0.15, 0.2) is 28.6 Å². The van der Waals surface area contributed by atoms with Crippen LogP contribution in [-0.2, 0) is 25.1 Å². The van der Waals surface area contributed by atoms with Gasteiger partial charge in [-0.25, -0.2) is 14.4 Å². The molecule has 0 aliphatic heterocycles. The standard InChI is InChI=1S/C19H27FN4S2.HI/c1-4-18-24-17(13-26-18)8-9-22-19(21-5-2)23-11-14-6-7-16(20)10-15(14)12-25-3;/h6-7,10,13H,4-5,8-9,11-12H2,1-3H3,(H2,21,22,23);1H. The zero-order valence-corrected chi connectivity index (χ0v) is 20.0. The van der Waals surface area contributed by atoms with Crippen molar-refractivity contribution in [3.63, 3.8) is 0 Å². The van der Waals surface area contributed by atoms with E-state index in [9.17, 15) is 4.39 Å². The third-order valence-electron chi connectivity index (χ3n) is 3.80. The first-order valence-electron chi connectivity index (χ1n) is 8.88. The first-order valence-corrected chi connectivity index (χ1v) is 11.1. The number of nitrogens with one attached hydrogen (secondary N) is 2. The highest BCUT2D eigenvalue weighted by atomic mass is 127. The van der Waals surface area contributed by atoms with Crippen molar-refractivity contribution < 1.29 is 4.39 Å². The number of aryl methyl sites for hydroxylation is 1. The molecule has 0 amide bonds. The summed E-state index contributed by atoms with van der Waals surface area (Å²) in [5, 5.41) is 9.92. The van der Waals surface area contributed by atoms with E-state index in [1.807, 2.05) is 19.2 Å². The van der Waals surface area contributed by atoms with Gasteiger partial charge < -0.3 is 10.6 Å². The summed E-state index contributed by atoms with van der Waals surface area (Å²) in [4.78, 5) is 9.24. The molecule has 0 atom stereocenters. The molecule has 8 heteroatoms. The summed E-state index contributed by atoms with van der Waals surface area (Å²) in [6.45, 7) is 6.27. The van der Waals surface area contributed by atoms with Gasteiger partial charge in [0.05, 0.1) is 17.2 Å². The van der Waals surface area contributed by atoms with Gasteiger partial charge >= 0.3 is 0 Å². The number of thiazole rings is 1. The quantitative estimate of drug-likeness (QED) is 0.287. The minimum Gasteiger partial charge on any atom is -0.357 e. The molecule has 27 heavy (non-hydrogen) atoms. The van der Waals surface area contributed by atoms with Gasteiger partial charge in [0, 0.05) is 30.6 Å². The maximum absolute atomic E-state index is 13.5. The van der Waals surface area contributed by atoms with Crippen molar-refractivity contribution in [3.05, 3.63) is 51.2 Å². The third kappa shape index (κ3) is 8.35. The van der Waals surface area contributed by atoms with E-state index in [-0.39, 0.29) is 29.8 Å². The Balaban J connectivity index is 0.00000364. The molecule has 0 aliphatic carbocycles. The highest BCUT2D eigenvalue weighted by molar-refractivity contribution is 14.0. The van der Waals surface area contributed by atoms with E-state index in [4.69, 9.17) is 0 Å². The first-order chi connectivity index (χ1) is 12.7. The number of aliphatic imine (C=N–C) groups is 1. The second-order valence-corrected chi connectivity index (χ2v) is 7.61. The second-order valence-electron chi connectivity index (χ2n) is 5.80. The Morgan fingerprint density at radius 3 is 2.74 bits per heavy atom. The van der Waals surface area contributed by atoms with Gasteiger partial charge in [-0.2, -0.15) is 11.8 Å². The number of thioether (sulfide) groups is 1. The number of nitrogens with zero attached hydrogens (tertiary/aromatic N) is 2. The van der Waals surface area contributed by atoms with E-state index in [1.54, 1.807) is 29.2 Å². The molecule has 1 heterocycles. The van der Waals surface area contributed by atoms with Crippen molar-refractivity contribution in [3.8, 4) is 0 Å². The molecule has 0 fully saturated rings. The van der Waals surface area contributed by atoms with Crippen LogP contribution in [0.1, 0.15) is 35.7 Å². The number of aromatic nitrogens is 1. The van der Waals surface area contributed by atoms with Crippen molar-refractivity contribution in [1.29, 1.82) is 0 Å². The van der Waals surface area contributed by atoms with E-state index in [2.05, 4.69) is 32.9 Å². The molecule has 2 N–H and O–H groups in total. The minimum atomic E-state index is -0.193. The molecule has 0 spiro atoms. The van der Waals surface area contributed by atoms with Crippen LogP contribution in [0.4, 0.5) is 4.39 Å². The number of benzene rings is 1. The Labute approximate surface area is 186 Å². The van der Waals surface area contributed by atoms with Crippen LogP contribution in [0.5, 0.6) is 0 Å². The monoisotopic (exact) mass is 522 g/mol. The largest absolute Gasteiger partial charge is 0.357 e. The van der Waals surface area contributed by atoms with Crippen LogP contribution >= 0.6 is 47.1 Å². The van der Waals surface area contributed by atoms with Crippen LogP contribution in [0.25, 0.3) is 0 Å². The SMILES string of the molecule is CCNC(=NCc1ccc(F)cc1CSC)NCCc1csc(CC)n1.I. The lowest BCUT2D eigenvalue weighted by atomic mass is 10.1. The van der Waals surface area contributed by atoms with E-state index >= 15 is 0 Å². The summed E-state index contributed by atoms with van der Waals surface area (Å²) in [5.74, 6) is 1.37. The zero-order valence-electron chi connectivity index (χ0n) is 16.0. The molecular weight excluding hydrogens is 494 g/mol. The number of guanidine groups is 1. The minimum absolute atomic E-state index is 0. The normalized spacial score (nSPS) is 11.2. The summed E-state index contributed by atoms with van der Waals surface area (Å²) in [6, 6.07) is 4.94. The number of rotatable bonds is 9. The van der Waals surface area contributed by atoms with Crippen molar-refractivity contribution in [2.75, 3.05) is 19.3 Å². The summed E-state index contributed by atoms with van der Waals surface area (Å²) >= 11 is 3.40. The summed E-state index contributed by atoms with van der Waals surface area (Å²) in [6.07, 6.45) is 3.87. The molecular formula is C19H28FIN4S2. The summed E-state index contributed by atoms with van der Waals surface area (Å²) < 4.78 is 13.5.